The van der Waals surface area contributed by atoms with E-state index in [-0.39, 0.29) is 24.2 Å². The zero-order chi connectivity index (χ0) is 20.2. The molecule has 0 spiro atoms. The average Bonchev–Trinajstić information content (AvgIpc) is 3.13. The second-order valence-corrected chi connectivity index (χ2v) is 7.78. The fraction of sp³-hybridized carbons (Fsp3) is 0.348. The molecule has 1 aliphatic heterocycles. The molecule has 1 atom stereocenters. The van der Waals surface area contributed by atoms with E-state index < -0.39 is 0 Å². The van der Waals surface area contributed by atoms with Gasteiger partial charge in [0.2, 0.25) is 5.91 Å². The Hall–Kier alpha value is -2.70. The van der Waals surface area contributed by atoms with E-state index in [0.717, 1.165) is 25.2 Å². The quantitative estimate of drug-likeness (QED) is 0.676. The molecular formula is C23H27FN4O. The highest BCUT2D eigenvalue weighted by Crippen LogP contribution is 2.20. The van der Waals surface area contributed by atoms with Crippen molar-refractivity contribution in [2.75, 3.05) is 26.2 Å². The van der Waals surface area contributed by atoms with Crippen molar-refractivity contribution in [3.63, 3.8) is 0 Å². The summed E-state index contributed by atoms with van der Waals surface area (Å²) >= 11 is 0. The summed E-state index contributed by atoms with van der Waals surface area (Å²) in [5.41, 5.74) is 9.13. The van der Waals surface area contributed by atoms with Crippen LogP contribution in [0.1, 0.15) is 17.5 Å². The summed E-state index contributed by atoms with van der Waals surface area (Å²) in [5, 5.41) is 1.25. The van der Waals surface area contributed by atoms with E-state index in [1.165, 1.54) is 17.0 Å². The van der Waals surface area contributed by atoms with Gasteiger partial charge in [0, 0.05) is 62.3 Å². The number of para-hydroxylation sites is 1. The molecule has 0 aliphatic carbocycles. The molecule has 29 heavy (non-hydrogen) atoms. The van der Waals surface area contributed by atoms with E-state index in [9.17, 15) is 9.18 Å². The molecule has 3 N–H and O–H groups in total. The molecule has 2 aromatic carbocycles. The standard InChI is InChI=1S/C23H27FN4O/c24-21-7-3-1-5-17(21)13-19(25)14-23(29)28-11-9-27(10-12-28)16-18-15-26-22-8-4-2-6-20(18)22/h1-8,15,19,26H,9-14,16,25H2/t19-/m1/s1. The van der Waals surface area contributed by atoms with Crippen LogP contribution in [0.15, 0.2) is 54.7 Å². The number of nitrogens with one attached hydrogen (secondary N) is 1. The van der Waals surface area contributed by atoms with E-state index in [0.29, 0.717) is 25.1 Å². The number of aromatic amines is 1. The smallest absolute Gasteiger partial charge is 0.224 e. The third-order valence-electron chi connectivity index (χ3n) is 5.67. The summed E-state index contributed by atoms with van der Waals surface area (Å²) in [6.07, 6.45) is 2.69. The maximum atomic E-state index is 13.8. The van der Waals surface area contributed by atoms with Crippen LogP contribution >= 0.6 is 0 Å². The Labute approximate surface area is 170 Å². The first-order chi connectivity index (χ1) is 14.1. The van der Waals surface area contributed by atoms with E-state index in [1.54, 1.807) is 18.2 Å². The fourth-order valence-electron chi connectivity index (χ4n) is 4.03. The van der Waals surface area contributed by atoms with Gasteiger partial charge in [-0.15, -0.1) is 0 Å². The monoisotopic (exact) mass is 394 g/mol. The summed E-state index contributed by atoms with van der Waals surface area (Å²) in [5.74, 6) is -0.207. The average molecular weight is 394 g/mol. The number of amides is 1. The number of fused-ring (bicyclic) bond motifs is 1. The molecule has 1 saturated heterocycles. The summed E-state index contributed by atoms with van der Waals surface area (Å²) in [7, 11) is 0. The van der Waals surface area contributed by atoms with Crippen molar-refractivity contribution < 1.29 is 9.18 Å². The van der Waals surface area contributed by atoms with Crippen LogP contribution in [0.5, 0.6) is 0 Å². The number of halogens is 1. The Morgan fingerprint density at radius 3 is 2.55 bits per heavy atom. The Morgan fingerprint density at radius 2 is 1.76 bits per heavy atom. The van der Waals surface area contributed by atoms with Gasteiger partial charge in [-0.3, -0.25) is 9.69 Å². The van der Waals surface area contributed by atoms with Gasteiger partial charge >= 0.3 is 0 Å². The topological polar surface area (TPSA) is 65.4 Å². The number of carbonyl (C=O) groups excluding carboxylic acids is 1. The molecule has 152 valence electrons. The molecule has 0 unspecified atom stereocenters. The number of hydrogen-bond acceptors (Lipinski definition) is 3. The van der Waals surface area contributed by atoms with Gasteiger partial charge in [-0.25, -0.2) is 4.39 Å². The van der Waals surface area contributed by atoms with E-state index in [1.807, 2.05) is 11.0 Å². The van der Waals surface area contributed by atoms with E-state index in [4.69, 9.17) is 5.73 Å². The normalized spacial score (nSPS) is 16.3. The van der Waals surface area contributed by atoms with Crippen LogP contribution in [0.25, 0.3) is 10.9 Å². The van der Waals surface area contributed by atoms with Crippen molar-refractivity contribution in [2.45, 2.75) is 25.4 Å². The van der Waals surface area contributed by atoms with Gasteiger partial charge in [-0.05, 0) is 29.7 Å². The number of rotatable bonds is 6. The lowest BCUT2D eigenvalue weighted by Gasteiger charge is -2.35. The minimum Gasteiger partial charge on any atom is -0.361 e. The molecule has 5 nitrogen and oxygen atoms in total. The molecule has 6 heteroatoms. The maximum absolute atomic E-state index is 13.8. The summed E-state index contributed by atoms with van der Waals surface area (Å²) in [6, 6.07) is 14.5. The van der Waals surface area contributed by atoms with Crippen molar-refractivity contribution in [3.8, 4) is 0 Å². The predicted molar refractivity (Wildman–Crippen MR) is 113 cm³/mol. The Kier molecular flexibility index (Phi) is 5.92. The Balaban J connectivity index is 1.26. The first-order valence-corrected chi connectivity index (χ1v) is 10.1. The predicted octanol–water partition coefficient (Wildman–Crippen LogP) is 2.91. The van der Waals surface area contributed by atoms with Gasteiger partial charge < -0.3 is 15.6 Å². The first-order valence-electron chi connectivity index (χ1n) is 10.1. The molecule has 1 aromatic heterocycles. The number of hydrogen-bond donors (Lipinski definition) is 2. The third-order valence-corrected chi connectivity index (χ3v) is 5.67. The molecule has 0 saturated carbocycles. The molecule has 1 amide bonds. The first kappa shape index (κ1) is 19.6. The van der Waals surface area contributed by atoms with Crippen LogP contribution in [0.2, 0.25) is 0 Å². The molecular weight excluding hydrogens is 367 g/mol. The van der Waals surface area contributed by atoms with Crippen molar-refractivity contribution in [2.24, 2.45) is 5.73 Å². The maximum Gasteiger partial charge on any atom is 0.224 e. The van der Waals surface area contributed by atoms with Gasteiger partial charge in [0.25, 0.3) is 0 Å². The van der Waals surface area contributed by atoms with Crippen molar-refractivity contribution in [1.29, 1.82) is 0 Å². The van der Waals surface area contributed by atoms with Gasteiger partial charge in [-0.1, -0.05) is 36.4 Å². The van der Waals surface area contributed by atoms with Gasteiger partial charge in [0.05, 0.1) is 0 Å². The zero-order valence-electron chi connectivity index (χ0n) is 16.5. The van der Waals surface area contributed by atoms with Gasteiger partial charge in [0.1, 0.15) is 5.82 Å². The van der Waals surface area contributed by atoms with Gasteiger partial charge in [-0.2, -0.15) is 0 Å². The number of carbonyl (C=O) groups is 1. The van der Waals surface area contributed by atoms with Crippen LogP contribution in [-0.2, 0) is 17.8 Å². The molecule has 0 bridgehead atoms. The van der Waals surface area contributed by atoms with Crippen LogP contribution in [0, 0.1) is 5.82 Å². The molecule has 1 fully saturated rings. The molecule has 1 aliphatic rings. The highest BCUT2D eigenvalue weighted by Gasteiger charge is 2.23. The lowest BCUT2D eigenvalue weighted by Crippen LogP contribution is -2.49. The summed E-state index contributed by atoms with van der Waals surface area (Å²) < 4.78 is 13.8. The Morgan fingerprint density at radius 1 is 1.03 bits per heavy atom. The van der Waals surface area contributed by atoms with Crippen molar-refractivity contribution in [1.82, 2.24) is 14.8 Å². The van der Waals surface area contributed by atoms with Crippen molar-refractivity contribution in [3.05, 3.63) is 71.7 Å². The third kappa shape index (κ3) is 4.66. The lowest BCUT2D eigenvalue weighted by atomic mass is 10.0. The molecule has 3 aromatic rings. The summed E-state index contributed by atoms with van der Waals surface area (Å²) in [6.45, 7) is 3.96. The van der Waals surface area contributed by atoms with Gasteiger partial charge in [0.15, 0.2) is 0 Å². The highest BCUT2D eigenvalue weighted by molar-refractivity contribution is 5.83. The minimum atomic E-state index is -0.372. The largest absolute Gasteiger partial charge is 0.361 e. The van der Waals surface area contributed by atoms with Crippen LogP contribution in [0.4, 0.5) is 4.39 Å². The molecule has 0 radical (unpaired) electrons. The molecule has 2 heterocycles. The second kappa shape index (κ2) is 8.76. The second-order valence-electron chi connectivity index (χ2n) is 7.78. The Bertz CT molecular complexity index is 978. The highest BCUT2D eigenvalue weighted by atomic mass is 19.1. The van der Waals surface area contributed by atoms with E-state index in [2.05, 4.69) is 34.3 Å². The lowest BCUT2D eigenvalue weighted by molar-refractivity contribution is -0.133. The summed E-state index contributed by atoms with van der Waals surface area (Å²) in [4.78, 5) is 20.2. The SMILES string of the molecule is N[C@@H](CC(=O)N1CCN(Cc2c[nH]c3ccccc23)CC1)Cc1ccccc1F. The number of H-pyrrole nitrogens is 1. The number of aromatic nitrogens is 1. The fourth-order valence-corrected chi connectivity index (χ4v) is 4.03. The van der Waals surface area contributed by atoms with E-state index >= 15 is 0 Å². The number of nitrogens with zero attached hydrogens (tertiary/aromatic N) is 2. The molecule has 4 rings (SSSR count). The van der Waals surface area contributed by atoms with Crippen molar-refractivity contribution >= 4 is 16.8 Å². The zero-order valence-corrected chi connectivity index (χ0v) is 16.5. The minimum absolute atomic E-state index is 0.0561. The number of piperazine rings is 1. The number of nitrogens with two attached hydrogens (primary N) is 1. The number of benzene rings is 2. The van der Waals surface area contributed by atoms with Crippen LogP contribution in [0.3, 0.4) is 0 Å². The van der Waals surface area contributed by atoms with Crippen LogP contribution < -0.4 is 5.73 Å². The van der Waals surface area contributed by atoms with Crippen LogP contribution in [-0.4, -0.2) is 52.9 Å².